The molecule has 0 saturated carbocycles. The topological polar surface area (TPSA) is 113 Å². The van der Waals surface area contributed by atoms with Gasteiger partial charge in [0.1, 0.15) is 29.4 Å². The monoisotopic (exact) mass is 538 g/mol. The number of hydrogen-bond acceptors (Lipinski definition) is 5. The Labute approximate surface area is 221 Å². The molecule has 9 heteroatoms. The molecule has 0 bridgehead atoms. The first-order chi connectivity index (χ1) is 17.0. The number of aromatic amines is 1. The fourth-order valence-corrected chi connectivity index (χ4v) is 4.71. The fourth-order valence-electron chi connectivity index (χ4n) is 4.17. The van der Waals surface area contributed by atoms with E-state index >= 15 is 0 Å². The predicted molar refractivity (Wildman–Crippen MR) is 147 cm³/mol. The van der Waals surface area contributed by atoms with Crippen molar-refractivity contribution >= 4 is 44.3 Å². The van der Waals surface area contributed by atoms with Crippen molar-refractivity contribution < 1.29 is 22.8 Å². The molecule has 0 aliphatic rings. The van der Waals surface area contributed by atoms with Gasteiger partial charge in [-0.15, -0.1) is 12.4 Å². The molecule has 1 aromatic heterocycles. The Kier molecular flexibility index (Phi) is 6.94. The van der Waals surface area contributed by atoms with E-state index in [0.29, 0.717) is 40.0 Å². The number of ether oxygens (including phenoxy) is 1. The first kappa shape index (κ1) is 26.5. The van der Waals surface area contributed by atoms with Gasteiger partial charge in [-0.05, 0) is 46.2 Å². The highest BCUT2D eigenvalue weighted by Gasteiger charge is 2.17. The quantitative estimate of drug-likeness (QED) is 0.216. The van der Waals surface area contributed by atoms with Crippen LogP contribution in [0.25, 0.3) is 33.2 Å². The first-order valence-electron chi connectivity index (χ1n) is 11.4. The number of H-pyrrole nitrogens is 1. The summed E-state index contributed by atoms with van der Waals surface area (Å²) in [5, 5.41) is 11.4. The van der Waals surface area contributed by atoms with Crippen molar-refractivity contribution in [2.75, 3.05) is 0 Å². The van der Waals surface area contributed by atoms with Crippen LogP contribution in [0.3, 0.4) is 0 Å². The summed E-state index contributed by atoms with van der Waals surface area (Å²) in [6.07, 6.45) is 0. The van der Waals surface area contributed by atoms with E-state index in [1.165, 1.54) is 11.6 Å². The SMILES string of the molecule is CC(C)(C)c1ccc(COc2cccc(-c3nc4c(ccc5cc(S(=O)(=O)O)cc(O)c54)[nH]3)c2)cc1.Cl. The van der Waals surface area contributed by atoms with Gasteiger partial charge in [0.25, 0.3) is 10.1 Å². The van der Waals surface area contributed by atoms with Crippen LogP contribution < -0.4 is 4.74 Å². The van der Waals surface area contributed by atoms with Crippen molar-refractivity contribution in [1.82, 2.24) is 9.97 Å². The zero-order valence-electron chi connectivity index (χ0n) is 20.5. The summed E-state index contributed by atoms with van der Waals surface area (Å²) >= 11 is 0. The zero-order valence-corrected chi connectivity index (χ0v) is 22.2. The highest BCUT2D eigenvalue weighted by Crippen LogP contribution is 2.35. The second kappa shape index (κ2) is 9.70. The van der Waals surface area contributed by atoms with Crippen molar-refractivity contribution in [3.63, 3.8) is 0 Å². The summed E-state index contributed by atoms with van der Waals surface area (Å²) in [5.74, 6) is 0.993. The van der Waals surface area contributed by atoms with Gasteiger partial charge in [0.15, 0.2) is 0 Å². The lowest BCUT2D eigenvalue weighted by molar-refractivity contribution is 0.306. The van der Waals surface area contributed by atoms with E-state index in [0.717, 1.165) is 17.2 Å². The zero-order chi connectivity index (χ0) is 25.7. The third-order valence-corrected chi connectivity index (χ3v) is 6.98. The van der Waals surface area contributed by atoms with E-state index < -0.39 is 10.1 Å². The van der Waals surface area contributed by atoms with Gasteiger partial charge in [0.05, 0.1) is 15.8 Å². The minimum absolute atomic E-state index is 0. The van der Waals surface area contributed by atoms with Gasteiger partial charge in [0, 0.05) is 11.6 Å². The van der Waals surface area contributed by atoms with Crippen LogP contribution in [0.2, 0.25) is 0 Å². The Morgan fingerprint density at radius 2 is 1.70 bits per heavy atom. The van der Waals surface area contributed by atoms with Gasteiger partial charge < -0.3 is 14.8 Å². The maximum atomic E-state index is 11.5. The second-order valence-electron chi connectivity index (χ2n) is 9.83. The highest BCUT2D eigenvalue weighted by atomic mass is 35.5. The van der Waals surface area contributed by atoms with E-state index in [9.17, 15) is 18.1 Å². The van der Waals surface area contributed by atoms with Crippen molar-refractivity contribution in [2.24, 2.45) is 0 Å². The fraction of sp³-hybridized carbons (Fsp3) is 0.179. The van der Waals surface area contributed by atoms with Crippen LogP contribution in [0.4, 0.5) is 0 Å². The van der Waals surface area contributed by atoms with Crippen molar-refractivity contribution in [1.29, 1.82) is 0 Å². The summed E-state index contributed by atoms with van der Waals surface area (Å²) in [4.78, 5) is 7.55. The molecule has 0 aliphatic heterocycles. The number of phenols is 1. The molecule has 37 heavy (non-hydrogen) atoms. The van der Waals surface area contributed by atoms with E-state index in [1.807, 2.05) is 24.3 Å². The lowest BCUT2D eigenvalue weighted by Gasteiger charge is -2.19. The van der Waals surface area contributed by atoms with Crippen LogP contribution in [0.15, 0.2) is 77.7 Å². The van der Waals surface area contributed by atoms with Crippen molar-refractivity contribution in [2.45, 2.75) is 37.7 Å². The number of halogens is 1. The molecule has 5 rings (SSSR count). The van der Waals surface area contributed by atoms with Gasteiger partial charge >= 0.3 is 0 Å². The van der Waals surface area contributed by atoms with Gasteiger partial charge in [-0.3, -0.25) is 4.55 Å². The van der Waals surface area contributed by atoms with Gasteiger partial charge in [-0.1, -0.05) is 63.2 Å². The maximum absolute atomic E-state index is 11.5. The first-order valence-corrected chi connectivity index (χ1v) is 12.9. The molecule has 192 valence electrons. The molecule has 4 aromatic carbocycles. The van der Waals surface area contributed by atoms with Gasteiger partial charge in [-0.25, -0.2) is 4.98 Å². The Bertz CT molecular complexity index is 1710. The molecule has 0 atom stereocenters. The molecule has 0 fully saturated rings. The summed E-state index contributed by atoms with van der Waals surface area (Å²) < 4.78 is 38.4. The Morgan fingerprint density at radius 1 is 0.973 bits per heavy atom. The van der Waals surface area contributed by atoms with Crippen LogP contribution >= 0.6 is 12.4 Å². The molecule has 5 aromatic rings. The van der Waals surface area contributed by atoms with E-state index in [1.54, 1.807) is 12.1 Å². The smallest absolute Gasteiger partial charge is 0.294 e. The highest BCUT2D eigenvalue weighted by molar-refractivity contribution is 7.85. The number of benzene rings is 4. The van der Waals surface area contributed by atoms with Crippen LogP contribution in [0.5, 0.6) is 11.5 Å². The molecular weight excluding hydrogens is 512 g/mol. The number of imidazole rings is 1. The number of nitrogens with zero attached hydrogens (tertiary/aromatic N) is 1. The number of nitrogens with one attached hydrogen (secondary N) is 1. The van der Waals surface area contributed by atoms with Gasteiger partial charge in [0.2, 0.25) is 0 Å². The van der Waals surface area contributed by atoms with Crippen molar-refractivity contribution in [3.8, 4) is 22.9 Å². The summed E-state index contributed by atoms with van der Waals surface area (Å²) in [5.41, 5.74) is 4.41. The minimum Gasteiger partial charge on any atom is -0.507 e. The van der Waals surface area contributed by atoms with E-state index in [2.05, 4.69) is 55.0 Å². The largest absolute Gasteiger partial charge is 0.507 e. The summed E-state index contributed by atoms with van der Waals surface area (Å²) in [7, 11) is -4.45. The molecule has 0 unspecified atom stereocenters. The predicted octanol–water partition coefficient (Wildman–Crippen LogP) is 6.63. The van der Waals surface area contributed by atoms with Crippen LogP contribution in [0, 0.1) is 0 Å². The third-order valence-electron chi connectivity index (χ3n) is 6.15. The Hall–Kier alpha value is -3.59. The molecule has 0 radical (unpaired) electrons. The van der Waals surface area contributed by atoms with Crippen LogP contribution in [-0.2, 0) is 22.1 Å². The molecule has 0 spiro atoms. The number of rotatable bonds is 5. The number of phenolic OH excluding ortho intramolecular Hbond substituents is 1. The average molecular weight is 539 g/mol. The molecular formula is C28H27ClN2O5S. The lowest BCUT2D eigenvalue weighted by Crippen LogP contribution is -2.10. The number of hydrogen-bond donors (Lipinski definition) is 3. The summed E-state index contributed by atoms with van der Waals surface area (Å²) in [6.45, 7) is 6.98. The number of aromatic nitrogens is 2. The summed E-state index contributed by atoms with van der Waals surface area (Å²) in [6, 6.07) is 21.7. The molecule has 3 N–H and O–H groups in total. The third kappa shape index (κ3) is 5.41. The molecule has 0 amide bonds. The lowest BCUT2D eigenvalue weighted by atomic mass is 9.87. The minimum atomic E-state index is -4.45. The second-order valence-corrected chi connectivity index (χ2v) is 11.2. The van der Waals surface area contributed by atoms with E-state index in [4.69, 9.17) is 4.74 Å². The molecule has 7 nitrogen and oxygen atoms in total. The Balaban J connectivity index is 0.00000320. The van der Waals surface area contributed by atoms with Gasteiger partial charge in [-0.2, -0.15) is 8.42 Å². The molecule has 0 saturated heterocycles. The van der Waals surface area contributed by atoms with Crippen LogP contribution in [-0.4, -0.2) is 28.0 Å². The maximum Gasteiger partial charge on any atom is 0.294 e. The Morgan fingerprint density at radius 3 is 2.38 bits per heavy atom. The number of fused-ring (bicyclic) bond motifs is 3. The van der Waals surface area contributed by atoms with Crippen LogP contribution in [0.1, 0.15) is 31.9 Å². The number of aromatic hydroxyl groups is 1. The van der Waals surface area contributed by atoms with E-state index in [-0.39, 0.29) is 28.5 Å². The molecule has 0 aliphatic carbocycles. The van der Waals surface area contributed by atoms with Crippen molar-refractivity contribution in [3.05, 3.63) is 83.9 Å². The molecule has 1 heterocycles. The standard InChI is InChI=1S/C28H26N2O5S.ClH/c1-28(2,3)20-10-7-17(8-11-20)16-35-21-6-4-5-19(13-21)27-29-23-12-9-18-14-22(36(32,33)34)15-24(31)25(18)26(23)30-27;/h4-15,31H,16H2,1-3H3,(H,29,30)(H,32,33,34);1H. The normalized spacial score (nSPS) is 12.0. The average Bonchev–Trinajstić information content (AvgIpc) is 3.26.